The van der Waals surface area contributed by atoms with E-state index in [1.807, 2.05) is 12.1 Å². The van der Waals surface area contributed by atoms with E-state index >= 15 is 0 Å². The van der Waals surface area contributed by atoms with Crippen molar-refractivity contribution in [2.75, 3.05) is 30.8 Å². The maximum Gasteiger partial charge on any atom is 0.196 e. The molecule has 0 amide bonds. The summed E-state index contributed by atoms with van der Waals surface area (Å²) in [5.74, 6) is -0.209. The Bertz CT molecular complexity index is 909. The van der Waals surface area contributed by atoms with E-state index in [4.69, 9.17) is 0 Å². The highest BCUT2D eigenvalue weighted by Gasteiger charge is 2.33. The Kier molecular flexibility index (Phi) is 7.44. The van der Waals surface area contributed by atoms with Gasteiger partial charge in [-0.3, -0.25) is 9.59 Å². The van der Waals surface area contributed by atoms with Gasteiger partial charge in [0.2, 0.25) is 0 Å². The topological polar surface area (TPSA) is 70.2 Å². The van der Waals surface area contributed by atoms with Crippen LogP contribution in [-0.2, 0) is 0 Å². The summed E-state index contributed by atoms with van der Waals surface area (Å²) >= 11 is 0. The Hall–Kier alpha value is -2.37. The molecule has 0 atom stereocenters. The fourth-order valence-electron chi connectivity index (χ4n) is 3.44. The van der Waals surface area contributed by atoms with E-state index in [1.165, 1.54) is 0 Å². The number of benzene rings is 2. The van der Waals surface area contributed by atoms with E-state index in [2.05, 4.69) is 36.7 Å². The lowest BCUT2D eigenvalue weighted by Gasteiger charge is -2.25. The maximum absolute atomic E-state index is 13.2. The summed E-state index contributed by atoms with van der Waals surface area (Å²) in [6, 6.07) is 10.8. The minimum absolute atomic E-state index is 0. The van der Waals surface area contributed by atoms with Gasteiger partial charge in [0.25, 0.3) is 0 Å². The van der Waals surface area contributed by atoms with Crippen LogP contribution in [-0.4, -0.2) is 37.2 Å². The van der Waals surface area contributed by atoms with Gasteiger partial charge in [0.15, 0.2) is 11.6 Å². The van der Waals surface area contributed by atoms with Gasteiger partial charge in [0, 0.05) is 41.6 Å². The predicted octanol–water partition coefficient (Wildman–Crippen LogP) is 4.51. The second-order valence-electron chi connectivity index (χ2n) is 7.81. The smallest absolute Gasteiger partial charge is 0.196 e. The van der Waals surface area contributed by atoms with E-state index < -0.39 is 0 Å². The van der Waals surface area contributed by atoms with Crippen molar-refractivity contribution in [3.8, 4) is 0 Å². The summed E-state index contributed by atoms with van der Waals surface area (Å²) in [6.07, 6.45) is 1.99. The highest BCUT2D eigenvalue weighted by Crippen LogP contribution is 2.36. The average molecular weight is 416 g/mol. The van der Waals surface area contributed by atoms with Gasteiger partial charge in [0.1, 0.15) is 0 Å². The zero-order chi connectivity index (χ0) is 20.3. The monoisotopic (exact) mass is 415 g/mol. The van der Waals surface area contributed by atoms with Crippen LogP contribution in [0.2, 0.25) is 0 Å². The Labute approximate surface area is 179 Å². The first-order valence-corrected chi connectivity index (χ1v) is 9.91. The third-order valence-electron chi connectivity index (χ3n) is 5.50. The lowest BCUT2D eigenvalue weighted by molar-refractivity contribution is 0.0980. The Morgan fingerprint density at radius 3 is 1.97 bits per heavy atom. The molecule has 0 saturated heterocycles. The van der Waals surface area contributed by atoms with Gasteiger partial charge in [-0.25, -0.2) is 0 Å². The second kappa shape index (κ2) is 9.42. The minimum Gasteiger partial charge on any atom is -0.388 e. The fraction of sp³-hybridized carbons (Fsp3) is 0.391. The van der Waals surface area contributed by atoms with Crippen LogP contribution < -0.4 is 16.0 Å². The standard InChI is InChI=1S/C23H29N3O2.ClH/c1-5-23(2,3)26-14-8-13-25-18-12-11-17(24-4)19-20(18)22(28)16-10-7-6-9-15(16)21(19)27;/h6-7,9-12,24-26H,5,8,13-14H2,1-4H3;1H. The van der Waals surface area contributed by atoms with Gasteiger partial charge in [-0.15, -0.1) is 12.4 Å². The first-order valence-electron chi connectivity index (χ1n) is 9.91. The Balaban J connectivity index is 0.00000300. The van der Waals surface area contributed by atoms with Gasteiger partial charge in [0.05, 0.1) is 11.1 Å². The SMILES string of the molecule is CCC(C)(C)NCCCNc1ccc(NC)c2c1C(=O)c1ccccc1C2=O.Cl. The maximum atomic E-state index is 13.2. The zero-order valence-electron chi connectivity index (χ0n) is 17.5. The first kappa shape index (κ1) is 22.9. The van der Waals surface area contributed by atoms with Crippen LogP contribution in [0.5, 0.6) is 0 Å². The van der Waals surface area contributed by atoms with Crippen molar-refractivity contribution >= 4 is 35.3 Å². The number of hydrogen-bond donors (Lipinski definition) is 3. The number of carbonyl (C=O) groups is 2. The van der Waals surface area contributed by atoms with Gasteiger partial charge >= 0.3 is 0 Å². The predicted molar refractivity (Wildman–Crippen MR) is 122 cm³/mol. The molecule has 6 heteroatoms. The van der Waals surface area contributed by atoms with Crippen LogP contribution in [0.25, 0.3) is 0 Å². The van der Waals surface area contributed by atoms with Crippen molar-refractivity contribution in [1.29, 1.82) is 0 Å². The molecule has 0 spiro atoms. The number of ketones is 2. The van der Waals surface area contributed by atoms with Gasteiger partial charge in [-0.1, -0.05) is 31.2 Å². The molecule has 1 aliphatic rings. The number of nitrogens with one attached hydrogen (secondary N) is 3. The third-order valence-corrected chi connectivity index (χ3v) is 5.50. The van der Waals surface area contributed by atoms with Crippen molar-refractivity contribution in [1.82, 2.24) is 5.32 Å². The molecule has 0 heterocycles. The second-order valence-corrected chi connectivity index (χ2v) is 7.81. The first-order chi connectivity index (χ1) is 13.4. The third kappa shape index (κ3) is 4.62. The van der Waals surface area contributed by atoms with Crippen LogP contribution in [0.4, 0.5) is 11.4 Å². The molecular weight excluding hydrogens is 386 g/mol. The van der Waals surface area contributed by atoms with Crippen molar-refractivity contribution in [2.45, 2.75) is 39.2 Å². The van der Waals surface area contributed by atoms with Crippen LogP contribution >= 0.6 is 12.4 Å². The Morgan fingerprint density at radius 2 is 1.41 bits per heavy atom. The van der Waals surface area contributed by atoms with Crippen molar-refractivity contribution in [2.24, 2.45) is 0 Å². The lowest BCUT2D eigenvalue weighted by atomic mass is 9.82. The normalized spacial score (nSPS) is 12.7. The van der Waals surface area contributed by atoms with E-state index in [9.17, 15) is 9.59 Å². The van der Waals surface area contributed by atoms with Crippen molar-refractivity contribution < 1.29 is 9.59 Å². The summed E-state index contributed by atoms with van der Waals surface area (Å²) in [4.78, 5) is 26.2. The number of anilines is 2. The van der Waals surface area contributed by atoms with Crippen LogP contribution in [0, 0.1) is 0 Å². The lowest BCUT2D eigenvalue weighted by Crippen LogP contribution is -2.39. The molecule has 156 valence electrons. The summed E-state index contributed by atoms with van der Waals surface area (Å²) in [5, 5.41) is 9.96. The van der Waals surface area contributed by atoms with Crippen LogP contribution in [0.3, 0.4) is 0 Å². The molecule has 5 nitrogen and oxygen atoms in total. The van der Waals surface area contributed by atoms with Crippen LogP contribution in [0.15, 0.2) is 36.4 Å². The Morgan fingerprint density at radius 1 is 0.862 bits per heavy atom. The largest absolute Gasteiger partial charge is 0.388 e. The number of fused-ring (bicyclic) bond motifs is 2. The molecule has 0 aromatic heterocycles. The van der Waals surface area contributed by atoms with Gasteiger partial charge < -0.3 is 16.0 Å². The molecule has 0 bridgehead atoms. The number of rotatable bonds is 8. The molecule has 1 aliphatic carbocycles. The molecule has 0 unspecified atom stereocenters. The quantitative estimate of drug-likeness (QED) is 0.472. The molecular formula is C23H30ClN3O2. The summed E-state index contributed by atoms with van der Waals surface area (Å²) in [7, 11) is 1.77. The van der Waals surface area contributed by atoms with Crippen molar-refractivity contribution in [3.05, 3.63) is 58.7 Å². The molecule has 0 saturated carbocycles. The van der Waals surface area contributed by atoms with E-state index in [1.54, 1.807) is 31.3 Å². The number of halogens is 1. The highest BCUT2D eigenvalue weighted by molar-refractivity contribution is 6.31. The molecule has 29 heavy (non-hydrogen) atoms. The molecule has 2 aromatic rings. The molecule has 2 aromatic carbocycles. The molecule has 0 fully saturated rings. The zero-order valence-corrected chi connectivity index (χ0v) is 18.3. The van der Waals surface area contributed by atoms with Gasteiger partial charge in [-0.2, -0.15) is 0 Å². The summed E-state index contributed by atoms with van der Waals surface area (Å²) in [6.45, 7) is 8.16. The molecule has 0 radical (unpaired) electrons. The highest BCUT2D eigenvalue weighted by atomic mass is 35.5. The average Bonchev–Trinajstić information content (AvgIpc) is 2.71. The van der Waals surface area contributed by atoms with E-state index in [0.717, 1.165) is 31.6 Å². The molecule has 0 aliphatic heterocycles. The van der Waals surface area contributed by atoms with E-state index in [0.29, 0.717) is 27.9 Å². The number of hydrogen-bond acceptors (Lipinski definition) is 5. The van der Waals surface area contributed by atoms with Gasteiger partial charge in [-0.05, 0) is 45.4 Å². The van der Waals surface area contributed by atoms with Crippen LogP contribution in [0.1, 0.15) is 65.5 Å². The summed E-state index contributed by atoms with van der Waals surface area (Å²) in [5.41, 5.74) is 3.40. The van der Waals surface area contributed by atoms with Crippen molar-refractivity contribution in [3.63, 3.8) is 0 Å². The summed E-state index contributed by atoms with van der Waals surface area (Å²) < 4.78 is 0. The molecule has 3 rings (SSSR count). The van der Waals surface area contributed by atoms with E-state index in [-0.39, 0.29) is 29.5 Å². The number of carbonyl (C=O) groups excluding carboxylic acids is 2. The molecule has 3 N–H and O–H groups in total. The minimum atomic E-state index is -0.107. The fourth-order valence-corrected chi connectivity index (χ4v) is 3.44.